The van der Waals surface area contributed by atoms with Crippen LogP contribution in [0.4, 0.5) is 0 Å². The standard InChI is InChI=1S/C51H30N4O2/c1-3-13-31(14-4-1)49-52-50(32-15-5-2-6-16-32)54-51(53-49)34-26-28-40-46(30-34)56-44-24-12-19-35(47(40)44)33-25-27-38-39-20-11-23-43(48(39)57-45(38)29-33)55-41-21-9-7-17-36(41)37-18-8-10-22-42(37)55/h1-30H. The molecule has 0 fully saturated rings. The summed E-state index contributed by atoms with van der Waals surface area (Å²) >= 11 is 0. The monoisotopic (exact) mass is 730 g/mol. The van der Waals surface area contributed by atoms with Crippen LogP contribution in [0.3, 0.4) is 0 Å². The fourth-order valence-electron chi connectivity index (χ4n) is 8.45. The van der Waals surface area contributed by atoms with E-state index in [9.17, 15) is 0 Å². The van der Waals surface area contributed by atoms with Crippen LogP contribution in [0.5, 0.6) is 0 Å². The Morgan fingerprint density at radius 2 is 0.895 bits per heavy atom. The van der Waals surface area contributed by atoms with E-state index in [0.29, 0.717) is 17.5 Å². The Kier molecular flexibility index (Phi) is 6.83. The van der Waals surface area contributed by atoms with Gasteiger partial charge in [-0.2, -0.15) is 0 Å². The molecule has 0 saturated heterocycles. The molecule has 4 aromatic heterocycles. The number of hydrogen-bond acceptors (Lipinski definition) is 5. The Balaban J connectivity index is 0.989. The van der Waals surface area contributed by atoms with Crippen molar-refractivity contribution in [2.75, 3.05) is 0 Å². The first-order chi connectivity index (χ1) is 28.2. The average molecular weight is 731 g/mol. The molecule has 0 amide bonds. The maximum atomic E-state index is 6.83. The highest BCUT2D eigenvalue weighted by atomic mass is 16.3. The first-order valence-corrected chi connectivity index (χ1v) is 19.0. The Morgan fingerprint density at radius 3 is 1.60 bits per heavy atom. The van der Waals surface area contributed by atoms with Crippen LogP contribution in [0.1, 0.15) is 0 Å². The van der Waals surface area contributed by atoms with Gasteiger partial charge in [-0.15, -0.1) is 0 Å². The molecule has 0 atom stereocenters. The van der Waals surface area contributed by atoms with Gasteiger partial charge in [0.2, 0.25) is 0 Å². The molecule has 0 saturated carbocycles. The highest BCUT2D eigenvalue weighted by molar-refractivity contribution is 6.15. The van der Waals surface area contributed by atoms with Gasteiger partial charge in [0.25, 0.3) is 0 Å². The molecule has 12 rings (SSSR count). The third-order valence-corrected chi connectivity index (χ3v) is 11.1. The van der Waals surface area contributed by atoms with Gasteiger partial charge in [-0.05, 0) is 59.7 Å². The Labute approximate surface area is 325 Å². The number of fused-ring (bicyclic) bond motifs is 9. The summed E-state index contributed by atoms with van der Waals surface area (Å²) in [7, 11) is 0. The Morgan fingerprint density at radius 1 is 0.351 bits per heavy atom. The van der Waals surface area contributed by atoms with E-state index in [1.54, 1.807) is 0 Å². The summed E-state index contributed by atoms with van der Waals surface area (Å²) in [5.41, 5.74) is 11.4. The third kappa shape index (κ3) is 4.94. The van der Waals surface area contributed by atoms with Crippen molar-refractivity contribution in [2.24, 2.45) is 0 Å². The molecular formula is C51H30N4O2. The topological polar surface area (TPSA) is 69.9 Å². The maximum absolute atomic E-state index is 6.83. The highest BCUT2D eigenvalue weighted by Crippen LogP contribution is 2.42. The fourth-order valence-corrected chi connectivity index (χ4v) is 8.45. The van der Waals surface area contributed by atoms with Crippen molar-refractivity contribution in [1.82, 2.24) is 19.5 Å². The molecule has 4 heterocycles. The lowest BCUT2D eigenvalue weighted by Crippen LogP contribution is -2.00. The molecule has 0 N–H and O–H groups in total. The van der Waals surface area contributed by atoms with Gasteiger partial charge in [-0.1, -0.05) is 133 Å². The lowest BCUT2D eigenvalue weighted by Gasteiger charge is -2.08. The minimum atomic E-state index is 0.584. The van der Waals surface area contributed by atoms with Crippen LogP contribution < -0.4 is 0 Å². The van der Waals surface area contributed by atoms with Gasteiger partial charge in [0.1, 0.15) is 16.7 Å². The minimum Gasteiger partial charge on any atom is -0.456 e. The zero-order valence-electron chi connectivity index (χ0n) is 30.4. The van der Waals surface area contributed by atoms with Crippen LogP contribution in [-0.2, 0) is 0 Å². The van der Waals surface area contributed by atoms with E-state index in [-0.39, 0.29) is 0 Å². The quantitative estimate of drug-likeness (QED) is 0.176. The van der Waals surface area contributed by atoms with Crippen LogP contribution >= 0.6 is 0 Å². The SMILES string of the molecule is c1ccc(-c2nc(-c3ccccc3)nc(-c3ccc4c(c3)oc3cccc(-c5ccc6c(c5)oc5c(-n7c8ccccc8c8ccccc87)cccc56)c34)n2)cc1. The van der Waals surface area contributed by atoms with Gasteiger partial charge in [-0.25, -0.2) is 15.0 Å². The summed E-state index contributed by atoms with van der Waals surface area (Å²) in [5.74, 6) is 1.82. The van der Waals surface area contributed by atoms with Crippen molar-refractivity contribution in [2.45, 2.75) is 0 Å². The second-order valence-electron chi connectivity index (χ2n) is 14.4. The van der Waals surface area contributed by atoms with E-state index in [1.807, 2.05) is 72.8 Å². The van der Waals surface area contributed by atoms with Crippen LogP contribution in [-0.4, -0.2) is 19.5 Å². The summed E-state index contributed by atoms with van der Waals surface area (Å²) in [5, 5.41) is 6.66. The molecule has 0 bridgehead atoms. The lowest BCUT2D eigenvalue weighted by molar-refractivity contribution is 0.666. The summed E-state index contributed by atoms with van der Waals surface area (Å²) in [6, 6.07) is 62.6. The van der Waals surface area contributed by atoms with E-state index >= 15 is 0 Å². The second kappa shape index (κ2) is 12.3. The Bertz CT molecular complexity index is 3410. The molecule has 0 spiro atoms. The lowest BCUT2D eigenvalue weighted by atomic mass is 9.98. The molecule has 6 heteroatoms. The molecule has 12 aromatic rings. The molecule has 0 unspecified atom stereocenters. The van der Waals surface area contributed by atoms with Gasteiger partial charge >= 0.3 is 0 Å². The van der Waals surface area contributed by atoms with Gasteiger partial charge in [0.05, 0.1) is 16.7 Å². The smallest absolute Gasteiger partial charge is 0.164 e. The number of aromatic nitrogens is 4. The molecule has 0 aliphatic heterocycles. The highest BCUT2D eigenvalue weighted by Gasteiger charge is 2.20. The largest absolute Gasteiger partial charge is 0.456 e. The molecule has 266 valence electrons. The maximum Gasteiger partial charge on any atom is 0.164 e. The fraction of sp³-hybridized carbons (Fsp3) is 0. The van der Waals surface area contributed by atoms with Gasteiger partial charge in [0.15, 0.2) is 23.1 Å². The number of nitrogens with zero attached hydrogens (tertiary/aromatic N) is 4. The predicted molar refractivity (Wildman–Crippen MR) is 230 cm³/mol. The molecular weight excluding hydrogens is 701 g/mol. The van der Waals surface area contributed by atoms with Crippen LogP contribution in [0, 0.1) is 0 Å². The van der Waals surface area contributed by atoms with E-state index in [0.717, 1.165) is 88.4 Å². The van der Waals surface area contributed by atoms with Crippen LogP contribution in [0.15, 0.2) is 191 Å². The van der Waals surface area contributed by atoms with Crippen molar-refractivity contribution < 1.29 is 8.83 Å². The number of para-hydroxylation sites is 3. The average Bonchev–Trinajstić information content (AvgIpc) is 3.96. The number of hydrogen-bond donors (Lipinski definition) is 0. The number of benzene rings is 8. The van der Waals surface area contributed by atoms with E-state index < -0.39 is 0 Å². The first-order valence-electron chi connectivity index (χ1n) is 19.0. The molecule has 57 heavy (non-hydrogen) atoms. The van der Waals surface area contributed by atoms with Gasteiger partial charge < -0.3 is 13.4 Å². The van der Waals surface area contributed by atoms with Crippen molar-refractivity contribution in [1.29, 1.82) is 0 Å². The zero-order valence-corrected chi connectivity index (χ0v) is 30.4. The molecule has 8 aromatic carbocycles. The number of rotatable bonds is 5. The van der Waals surface area contributed by atoms with Crippen molar-refractivity contribution >= 4 is 65.7 Å². The number of furan rings is 2. The van der Waals surface area contributed by atoms with E-state index in [2.05, 4.69) is 114 Å². The summed E-state index contributed by atoms with van der Waals surface area (Å²) in [4.78, 5) is 14.8. The summed E-state index contributed by atoms with van der Waals surface area (Å²) in [6.45, 7) is 0. The van der Waals surface area contributed by atoms with Crippen molar-refractivity contribution in [3.8, 4) is 51.0 Å². The normalized spacial score (nSPS) is 11.9. The molecule has 6 nitrogen and oxygen atoms in total. The molecule has 0 aliphatic carbocycles. The Hall–Kier alpha value is -7.83. The summed E-state index contributed by atoms with van der Waals surface area (Å²) in [6.07, 6.45) is 0. The van der Waals surface area contributed by atoms with Crippen LogP contribution in [0.25, 0.3) is 117 Å². The summed E-state index contributed by atoms with van der Waals surface area (Å²) < 4.78 is 15.7. The molecule has 0 radical (unpaired) electrons. The molecule has 0 aliphatic rings. The predicted octanol–water partition coefficient (Wildman–Crippen LogP) is 13.4. The van der Waals surface area contributed by atoms with Crippen LogP contribution in [0.2, 0.25) is 0 Å². The second-order valence-corrected chi connectivity index (χ2v) is 14.4. The van der Waals surface area contributed by atoms with Crippen molar-refractivity contribution in [3.05, 3.63) is 182 Å². The van der Waals surface area contributed by atoms with Gasteiger partial charge in [-0.3, -0.25) is 0 Å². The first kappa shape index (κ1) is 31.5. The third-order valence-electron chi connectivity index (χ3n) is 11.1. The van der Waals surface area contributed by atoms with E-state index in [4.69, 9.17) is 23.8 Å². The van der Waals surface area contributed by atoms with E-state index in [1.165, 1.54) is 10.8 Å². The zero-order chi connectivity index (χ0) is 37.5. The van der Waals surface area contributed by atoms with Gasteiger partial charge in [0, 0.05) is 49.0 Å². The minimum absolute atomic E-state index is 0.584. The van der Waals surface area contributed by atoms with Crippen molar-refractivity contribution in [3.63, 3.8) is 0 Å².